The third kappa shape index (κ3) is 7.86. The molecular weight excluding hydrogens is 530 g/mol. The summed E-state index contributed by atoms with van der Waals surface area (Å²) in [4.78, 5) is 21.5. The van der Waals surface area contributed by atoms with Gasteiger partial charge in [0.25, 0.3) is 0 Å². The van der Waals surface area contributed by atoms with Crippen LogP contribution in [-0.4, -0.2) is 84.0 Å². The highest BCUT2D eigenvalue weighted by Crippen LogP contribution is 2.42. The lowest BCUT2D eigenvalue weighted by molar-refractivity contribution is -0.141. The van der Waals surface area contributed by atoms with Crippen molar-refractivity contribution in [2.24, 2.45) is 5.41 Å². The van der Waals surface area contributed by atoms with Crippen LogP contribution in [0, 0.1) is 5.41 Å². The van der Waals surface area contributed by atoms with E-state index < -0.39 is 12.1 Å². The Balaban J connectivity index is 1.28. The standard InChI is InChI=1S/C34H45N3O5/c1-41-28-9-10-30-29(22-28)33(27(24-35-30)25-37-18-20-42-21-19-37)31(38)11-12-34(23-32(39)40)13-16-36(17-14-34)15-5-8-26-6-3-2-4-7-26/h2-4,6-7,9-10,22,24,31,38H,5,8,11-21,23,25H2,1H3,(H,39,40)/t31-/m1/s1. The molecule has 2 fully saturated rings. The van der Waals surface area contributed by atoms with E-state index in [-0.39, 0.29) is 11.8 Å². The van der Waals surface area contributed by atoms with E-state index in [1.165, 1.54) is 5.56 Å². The molecule has 8 heteroatoms. The van der Waals surface area contributed by atoms with Crippen LogP contribution in [0.2, 0.25) is 0 Å². The number of benzene rings is 2. The van der Waals surface area contributed by atoms with Crippen LogP contribution in [0.1, 0.15) is 61.3 Å². The molecule has 0 bridgehead atoms. The number of pyridine rings is 1. The molecule has 2 aliphatic heterocycles. The number of rotatable bonds is 13. The third-order valence-electron chi connectivity index (χ3n) is 9.20. The number of aliphatic hydroxyl groups excluding tert-OH is 1. The van der Waals surface area contributed by atoms with E-state index in [0.717, 1.165) is 86.2 Å². The highest BCUT2D eigenvalue weighted by atomic mass is 16.5. The van der Waals surface area contributed by atoms with Gasteiger partial charge in [0.2, 0.25) is 0 Å². The topological polar surface area (TPSA) is 95.4 Å². The summed E-state index contributed by atoms with van der Waals surface area (Å²) in [5.74, 6) is -0.0302. The van der Waals surface area contributed by atoms with Crippen LogP contribution in [0.3, 0.4) is 0 Å². The highest BCUT2D eigenvalue weighted by Gasteiger charge is 2.37. The second kappa shape index (κ2) is 14.4. The molecule has 3 heterocycles. The van der Waals surface area contributed by atoms with E-state index in [2.05, 4.69) is 34.1 Å². The van der Waals surface area contributed by atoms with Gasteiger partial charge in [0.05, 0.1) is 38.4 Å². The van der Waals surface area contributed by atoms with Crippen molar-refractivity contribution in [2.75, 3.05) is 53.0 Å². The van der Waals surface area contributed by atoms with E-state index >= 15 is 0 Å². The molecular formula is C34H45N3O5. The van der Waals surface area contributed by atoms with Crippen LogP contribution in [-0.2, 0) is 22.5 Å². The largest absolute Gasteiger partial charge is 0.497 e. The number of morpholine rings is 1. The summed E-state index contributed by atoms with van der Waals surface area (Å²) in [6.45, 7) is 6.60. The zero-order valence-electron chi connectivity index (χ0n) is 24.8. The van der Waals surface area contributed by atoms with E-state index in [1.54, 1.807) is 7.11 Å². The first kappa shape index (κ1) is 30.4. The van der Waals surface area contributed by atoms with Crippen LogP contribution < -0.4 is 4.74 Å². The van der Waals surface area contributed by atoms with Crippen LogP contribution in [0.25, 0.3) is 10.9 Å². The average molecular weight is 576 g/mol. The number of carbonyl (C=O) groups is 1. The zero-order chi connectivity index (χ0) is 29.4. The van der Waals surface area contributed by atoms with Crippen molar-refractivity contribution in [1.82, 2.24) is 14.8 Å². The first-order valence-electron chi connectivity index (χ1n) is 15.4. The molecule has 8 nitrogen and oxygen atoms in total. The van der Waals surface area contributed by atoms with Crippen molar-refractivity contribution in [1.29, 1.82) is 0 Å². The summed E-state index contributed by atoms with van der Waals surface area (Å²) in [6.07, 6.45) is 6.31. The minimum atomic E-state index is -0.755. The van der Waals surface area contributed by atoms with Gasteiger partial charge in [-0.15, -0.1) is 0 Å². The van der Waals surface area contributed by atoms with Crippen molar-refractivity contribution in [3.8, 4) is 5.75 Å². The Kier molecular flexibility index (Phi) is 10.4. The maximum Gasteiger partial charge on any atom is 0.303 e. The molecule has 2 aliphatic rings. The lowest BCUT2D eigenvalue weighted by Gasteiger charge is -2.42. The number of hydrogen-bond acceptors (Lipinski definition) is 7. The predicted octanol–water partition coefficient (Wildman–Crippen LogP) is 5.08. The summed E-state index contributed by atoms with van der Waals surface area (Å²) in [6, 6.07) is 16.4. The van der Waals surface area contributed by atoms with Gasteiger partial charge >= 0.3 is 5.97 Å². The van der Waals surface area contributed by atoms with Crippen molar-refractivity contribution in [3.05, 3.63) is 71.4 Å². The van der Waals surface area contributed by atoms with Crippen molar-refractivity contribution in [3.63, 3.8) is 0 Å². The van der Waals surface area contributed by atoms with Crippen LogP contribution >= 0.6 is 0 Å². The van der Waals surface area contributed by atoms with Crippen LogP contribution in [0.4, 0.5) is 0 Å². The fourth-order valence-electron chi connectivity index (χ4n) is 6.71. The molecule has 2 N–H and O–H groups in total. The van der Waals surface area contributed by atoms with Crippen LogP contribution in [0.15, 0.2) is 54.7 Å². The molecule has 0 saturated carbocycles. The summed E-state index contributed by atoms with van der Waals surface area (Å²) in [7, 11) is 1.64. The zero-order valence-corrected chi connectivity index (χ0v) is 24.8. The molecule has 2 aromatic carbocycles. The fourth-order valence-corrected chi connectivity index (χ4v) is 6.71. The van der Waals surface area contributed by atoms with Gasteiger partial charge in [0.1, 0.15) is 5.75 Å². The fraction of sp³-hybridized carbons (Fsp3) is 0.529. The number of hydrogen-bond donors (Lipinski definition) is 2. The monoisotopic (exact) mass is 575 g/mol. The SMILES string of the molecule is COc1ccc2ncc(CN3CCOCC3)c([C@H](O)CCC3(CC(=O)O)CCN(CCCc4ccccc4)CC3)c2c1. The Hall–Kier alpha value is -3.04. The molecule has 1 aromatic heterocycles. The number of likely N-dealkylation sites (tertiary alicyclic amines) is 1. The predicted molar refractivity (Wildman–Crippen MR) is 164 cm³/mol. The first-order chi connectivity index (χ1) is 20.4. The Labute approximate surface area is 249 Å². The van der Waals surface area contributed by atoms with Gasteiger partial charge in [-0.1, -0.05) is 30.3 Å². The van der Waals surface area contributed by atoms with Gasteiger partial charge in [-0.3, -0.25) is 14.7 Å². The number of nitrogens with zero attached hydrogens (tertiary/aromatic N) is 3. The smallest absolute Gasteiger partial charge is 0.303 e. The maximum atomic E-state index is 12.0. The second-order valence-corrected chi connectivity index (χ2v) is 12.0. The van der Waals surface area contributed by atoms with Crippen molar-refractivity contribution in [2.45, 2.75) is 57.6 Å². The third-order valence-corrected chi connectivity index (χ3v) is 9.20. The van der Waals surface area contributed by atoms with E-state index in [4.69, 9.17) is 14.5 Å². The molecule has 0 unspecified atom stereocenters. The molecule has 5 rings (SSSR count). The summed E-state index contributed by atoms with van der Waals surface area (Å²) in [5, 5.41) is 22.5. The van der Waals surface area contributed by atoms with Gasteiger partial charge in [-0.05, 0) is 98.5 Å². The van der Waals surface area contributed by atoms with Gasteiger partial charge in [-0.2, -0.15) is 0 Å². The average Bonchev–Trinajstić information content (AvgIpc) is 3.01. The molecule has 42 heavy (non-hydrogen) atoms. The minimum absolute atomic E-state index is 0.142. The van der Waals surface area contributed by atoms with Gasteiger partial charge in [0, 0.05) is 31.2 Å². The Morgan fingerprint density at radius 1 is 1.07 bits per heavy atom. The quantitative estimate of drug-likeness (QED) is 0.292. The number of carboxylic acid groups (broad SMARTS) is 1. The van der Waals surface area contributed by atoms with Gasteiger partial charge in [-0.25, -0.2) is 0 Å². The maximum absolute atomic E-state index is 12.0. The molecule has 226 valence electrons. The normalized spacial score (nSPS) is 18.6. The molecule has 0 aliphatic carbocycles. The van der Waals surface area contributed by atoms with Gasteiger partial charge in [0.15, 0.2) is 0 Å². The lowest BCUT2D eigenvalue weighted by atomic mass is 9.71. The number of aliphatic hydroxyl groups is 1. The molecule has 0 radical (unpaired) electrons. The number of fused-ring (bicyclic) bond motifs is 1. The number of aryl methyl sites for hydroxylation is 1. The summed E-state index contributed by atoms with van der Waals surface area (Å²) >= 11 is 0. The summed E-state index contributed by atoms with van der Waals surface area (Å²) in [5.41, 5.74) is 3.76. The Morgan fingerprint density at radius 3 is 2.55 bits per heavy atom. The first-order valence-corrected chi connectivity index (χ1v) is 15.4. The molecule has 0 spiro atoms. The molecule has 2 saturated heterocycles. The second-order valence-electron chi connectivity index (χ2n) is 12.0. The number of ether oxygens (including phenoxy) is 2. The number of methoxy groups -OCH3 is 1. The highest BCUT2D eigenvalue weighted by molar-refractivity contribution is 5.85. The number of aliphatic carboxylic acids is 1. The van der Waals surface area contributed by atoms with Crippen molar-refractivity contribution >= 4 is 16.9 Å². The Morgan fingerprint density at radius 2 is 1.83 bits per heavy atom. The molecule has 0 amide bonds. The van der Waals surface area contributed by atoms with E-state index in [9.17, 15) is 15.0 Å². The molecule has 3 aromatic rings. The number of piperidine rings is 1. The van der Waals surface area contributed by atoms with Crippen molar-refractivity contribution < 1.29 is 24.5 Å². The number of aromatic nitrogens is 1. The van der Waals surface area contributed by atoms with Gasteiger partial charge < -0.3 is 24.6 Å². The summed E-state index contributed by atoms with van der Waals surface area (Å²) < 4.78 is 11.1. The van der Waals surface area contributed by atoms with Crippen LogP contribution in [0.5, 0.6) is 5.75 Å². The van der Waals surface area contributed by atoms with E-state index in [1.807, 2.05) is 30.5 Å². The number of carboxylic acids is 1. The Bertz CT molecular complexity index is 1300. The molecule has 1 atom stereocenters. The lowest BCUT2D eigenvalue weighted by Crippen LogP contribution is -2.41. The van der Waals surface area contributed by atoms with E-state index in [0.29, 0.717) is 32.6 Å². The minimum Gasteiger partial charge on any atom is -0.497 e.